The van der Waals surface area contributed by atoms with Gasteiger partial charge in [-0.15, -0.1) is 0 Å². The standard InChI is InChI=1S/C18H24N4/c1-18(2,15-9-5-4-6-10-15)14-22-17(19-3)21-13-16-11-7-8-12-20-16/h4-12H,13-14H2,1-3H3,(H2,19,21,22). The van der Waals surface area contributed by atoms with Crippen molar-refractivity contribution in [2.45, 2.75) is 25.8 Å². The minimum Gasteiger partial charge on any atom is -0.356 e. The van der Waals surface area contributed by atoms with Gasteiger partial charge in [0.1, 0.15) is 0 Å². The first kappa shape index (κ1) is 16.0. The molecule has 2 rings (SSSR count). The van der Waals surface area contributed by atoms with Crippen molar-refractivity contribution in [2.24, 2.45) is 4.99 Å². The summed E-state index contributed by atoms with van der Waals surface area (Å²) in [5.74, 6) is 0.787. The van der Waals surface area contributed by atoms with Crippen LogP contribution in [0.2, 0.25) is 0 Å². The summed E-state index contributed by atoms with van der Waals surface area (Å²) >= 11 is 0. The second-order valence-corrected chi connectivity index (χ2v) is 5.85. The van der Waals surface area contributed by atoms with Crippen LogP contribution < -0.4 is 10.6 Å². The van der Waals surface area contributed by atoms with E-state index >= 15 is 0 Å². The first-order valence-corrected chi connectivity index (χ1v) is 7.52. The highest BCUT2D eigenvalue weighted by molar-refractivity contribution is 5.79. The predicted molar refractivity (Wildman–Crippen MR) is 91.9 cm³/mol. The molecule has 4 nitrogen and oxygen atoms in total. The lowest BCUT2D eigenvalue weighted by molar-refractivity contribution is 0.508. The number of hydrogen-bond donors (Lipinski definition) is 2. The average Bonchev–Trinajstić information content (AvgIpc) is 2.57. The van der Waals surface area contributed by atoms with E-state index in [-0.39, 0.29) is 5.41 Å². The van der Waals surface area contributed by atoms with Gasteiger partial charge in [-0.1, -0.05) is 50.2 Å². The van der Waals surface area contributed by atoms with Gasteiger partial charge < -0.3 is 10.6 Å². The third-order valence-electron chi connectivity index (χ3n) is 3.64. The first-order chi connectivity index (χ1) is 10.6. The summed E-state index contributed by atoms with van der Waals surface area (Å²) in [6, 6.07) is 16.4. The zero-order valence-corrected chi connectivity index (χ0v) is 13.5. The molecule has 0 aliphatic rings. The number of hydrogen-bond acceptors (Lipinski definition) is 2. The fourth-order valence-corrected chi connectivity index (χ4v) is 2.19. The third-order valence-corrected chi connectivity index (χ3v) is 3.64. The van der Waals surface area contributed by atoms with E-state index < -0.39 is 0 Å². The summed E-state index contributed by atoms with van der Waals surface area (Å²) < 4.78 is 0. The van der Waals surface area contributed by atoms with Gasteiger partial charge >= 0.3 is 0 Å². The maximum atomic E-state index is 4.30. The molecule has 0 bridgehead atoms. The van der Waals surface area contributed by atoms with Gasteiger partial charge in [0.2, 0.25) is 0 Å². The Morgan fingerprint density at radius 2 is 1.77 bits per heavy atom. The molecule has 0 amide bonds. The second-order valence-electron chi connectivity index (χ2n) is 5.85. The van der Waals surface area contributed by atoms with Gasteiger partial charge in [-0.05, 0) is 17.7 Å². The van der Waals surface area contributed by atoms with Crippen molar-refractivity contribution in [3.63, 3.8) is 0 Å². The van der Waals surface area contributed by atoms with Crippen LogP contribution >= 0.6 is 0 Å². The van der Waals surface area contributed by atoms with Crippen LogP contribution in [0.4, 0.5) is 0 Å². The molecule has 1 heterocycles. The van der Waals surface area contributed by atoms with Gasteiger partial charge in [0.05, 0.1) is 12.2 Å². The van der Waals surface area contributed by atoms with Crippen LogP contribution in [0.1, 0.15) is 25.1 Å². The van der Waals surface area contributed by atoms with Crippen LogP contribution in [-0.4, -0.2) is 24.5 Å². The summed E-state index contributed by atoms with van der Waals surface area (Å²) in [6.07, 6.45) is 1.80. The number of nitrogens with zero attached hydrogens (tertiary/aromatic N) is 2. The van der Waals surface area contributed by atoms with Gasteiger partial charge in [-0.3, -0.25) is 9.98 Å². The van der Waals surface area contributed by atoms with Crippen LogP contribution in [-0.2, 0) is 12.0 Å². The molecule has 0 atom stereocenters. The fraction of sp³-hybridized carbons (Fsp3) is 0.333. The molecule has 0 spiro atoms. The molecular weight excluding hydrogens is 272 g/mol. The monoisotopic (exact) mass is 296 g/mol. The molecule has 0 aliphatic carbocycles. The zero-order valence-electron chi connectivity index (χ0n) is 13.5. The van der Waals surface area contributed by atoms with E-state index in [1.807, 2.05) is 24.3 Å². The lowest BCUT2D eigenvalue weighted by atomic mass is 9.85. The molecule has 2 N–H and O–H groups in total. The topological polar surface area (TPSA) is 49.3 Å². The molecule has 1 aromatic heterocycles. The van der Waals surface area contributed by atoms with Gasteiger partial charge in [0, 0.05) is 25.2 Å². The van der Waals surface area contributed by atoms with E-state index in [1.165, 1.54) is 5.56 Å². The van der Waals surface area contributed by atoms with Gasteiger partial charge in [0.15, 0.2) is 5.96 Å². The van der Waals surface area contributed by atoms with Crippen molar-refractivity contribution >= 4 is 5.96 Å². The molecule has 4 heteroatoms. The van der Waals surface area contributed by atoms with Gasteiger partial charge in [-0.2, -0.15) is 0 Å². The number of pyridine rings is 1. The van der Waals surface area contributed by atoms with E-state index in [0.29, 0.717) is 6.54 Å². The molecule has 0 saturated carbocycles. The number of benzene rings is 1. The zero-order chi connectivity index (χ0) is 15.8. The van der Waals surface area contributed by atoms with E-state index in [2.05, 4.69) is 58.7 Å². The van der Waals surface area contributed by atoms with Crippen molar-refractivity contribution in [1.29, 1.82) is 0 Å². The molecule has 116 valence electrons. The molecule has 22 heavy (non-hydrogen) atoms. The third kappa shape index (κ3) is 4.58. The minimum atomic E-state index is 0.0316. The van der Waals surface area contributed by atoms with Crippen molar-refractivity contribution in [2.75, 3.05) is 13.6 Å². The molecule has 0 saturated heterocycles. The van der Waals surface area contributed by atoms with E-state index in [1.54, 1.807) is 13.2 Å². The Bertz CT molecular complexity index is 591. The highest BCUT2D eigenvalue weighted by atomic mass is 15.2. The summed E-state index contributed by atoms with van der Waals surface area (Å²) in [7, 11) is 1.78. The smallest absolute Gasteiger partial charge is 0.191 e. The molecule has 0 aliphatic heterocycles. The fourth-order valence-electron chi connectivity index (χ4n) is 2.19. The normalized spacial score (nSPS) is 12.0. The van der Waals surface area contributed by atoms with E-state index in [0.717, 1.165) is 18.2 Å². The quantitative estimate of drug-likeness (QED) is 0.659. The highest BCUT2D eigenvalue weighted by Crippen LogP contribution is 2.21. The van der Waals surface area contributed by atoms with Crippen molar-refractivity contribution in [1.82, 2.24) is 15.6 Å². The summed E-state index contributed by atoms with van der Waals surface area (Å²) in [6.45, 7) is 5.91. The molecule has 0 unspecified atom stereocenters. The maximum absolute atomic E-state index is 4.30. The lowest BCUT2D eigenvalue weighted by Gasteiger charge is -2.26. The summed E-state index contributed by atoms with van der Waals surface area (Å²) in [5, 5.41) is 6.68. The van der Waals surface area contributed by atoms with Gasteiger partial charge in [-0.25, -0.2) is 0 Å². The van der Waals surface area contributed by atoms with E-state index in [9.17, 15) is 0 Å². The molecule has 2 aromatic rings. The van der Waals surface area contributed by atoms with Crippen LogP contribution in [0, 0.1) is 0 Å². The van der Waals surface area contributed by atoms with Gasteiger partial charge in [0.25, 0.3) is 0 Å². The van der Waals surface area contributed by atoms with E-state index in [4.69, 9.17) is 0 Å². The summed E-state index contributed by atoms with van der Waals surface area (Å²) in [5.41, 5.74) is 2.33. The van der Waals surface area contributed by atoms with Crippen molar-refractivity contribution < 1.29 is 0 Å². The molecule has 1 aromatic carbocycles. The van der Waals surface area contributed by atoms with Crippen LogP contribution in [0.15, 0.2) is 59.7 Å². The SMILES string of the molecule is CN=C(NCc1ccccn1)NCC(C)(C)c1ccccc1. The van der Waals surface area contributed by atoms with Crippen LogP contribution in [0.25, 0.3) is 0 Å². The minimum absolute atomic E-state index is 0.0316. The number of aromatic nitrogens is 1. The largest absolute Gasteiger partial charge is 0.356 e. The summed E-state index contributed by atoms with van der Waals surface area (Å²) in [4.78, 5) is 8.56. The number of aliphatic imine (C=N–C) groups is 1. The second kappa shape index (κ2) is 7.59. The Labute approximate surface area is 132 Å². The Morgan fingerprint density at radius 3 is 2.41 bits per heavy atom. The van der Waals surface area contributed by atoms with Crippen LogP contribution in [0.3, 0.4) is 0 Å². The average molecular weight is 296 g/mol. The molecule has 0 fully saturated rings. The number of nitrogens with one attached hydrogen (secondary N) is 2. The Balaban J connectivity index is 1.88. The first-order valence-electron chi connectivity index (χ1n) is 7.52. The Morgan fingerprint density at radius 1 is 1.05 bits per heavy atom. The Hall–Kier alpha value is -2.36. The number of guanidine groups is 1. The lowest BCUT2D eigenvalue weighted by Crippen LogP contribution is -2.43. The molecular formula is C18H24N4. The maximum Gasteiger partial charge on any atom is 0.191 e. The van der Waals surface area contributed by atoms with Crippen LogP contribution in [0.5, 0.6) is 0 Å². The Kier molecular flexibility index (Phi) is 5.53. The number of rotatable bonds is 5. The van der Waals surface area contributed by atoms with Crippen molar-refractivity contribution in [3.05, 3.63) is 66.0 Å². The van der Waals surface area contributed by atoms with Crippen molar-refractivity contribution in [3.8, 4) is 0 Å². The highest BCUT2D eigenvalue weighted by Gasteiger charge is 2.20. The predicted octanol–water partition coefficient (Wildman–Crippen LogP) is 2.72. The molecule has 0 radical (unpaired) electrons.